The molecule has 4 aromatic heterocycles. The van der Waals surface area contributed by atoms with Crippen molar-refractivity contribution in [2.24, 2.45) is 0 Å². The normalized spacial score (nSPS) is 30.2. The van der Waals surface area contributed by atoms with Gasteiger partial charge >= 0.3 is 13.4 Å². The first kappa shape index (κ1) is 27.9. The molecule has 0 saturated carbocycles. The van der Waals surface area contributed by atoms with Gasteiger partial charge in [-0.3, -0.25) is 4.79 Å². The fourth-order valence-electron chi connectivity index (χ4n) is 4.57. The van der Waals surface area contributed by atoms with Crippen LogP contribution >= 0.6 is 13.4 Å². The lowest BCUT2D eigenvalue weighted by molar-refractivity contribution is -0.0523. The van der Waals surface area contributed by atoms with Crippen LogP contribution in [0.1, 0.15) is 24.2 Å². The van der Waals surface area contributed by atoms with Gasteiger partial charge in [0.15, 0.2) is 17.4 Å². The number of nitrogens with zero attached hydrogens (tertiary/aromatic N) is 7. The number of fused-ring (bicyclic) bond motifs is 6. The molecule has 1 fully saturated rings. The average molecular weight is 632 g/mol. The number of ether oxygens (including phenoxy) is 1. The van der Waals surface area contributed by atoms with E-state index in [0.717, 1.165) is 0 Å². The molecule has 5 atom stereocenters. The summed E-state index contributed by atoms with van der Waals surface area (Å²) in [5, 5.41) is 8.51. The van der Waals surface area contributed by atoms with Crippen LogP contribution in [0, 0.1) is 6.92 Å². The standard InChI is InChI=1S/C19H23N9O8P2S2/c1-9-23-17-14(18(29)24-9)25-26-28(17)19-13-5-11(35-19)7-34-37(30,39)32-3-2-27-10(6-33-38(31,40)36-13)4-12-15(20)21-8-22-16(12)27/h4,8,11,13,19H,2-3,5-7H2,1H3,(H,30,39)(H,31,40)(H2,20,21,22)(H,23,24,29)/t11-,13+,19+,37?,38?/m0/s1. The summed E-state index contributed by atoms with van der Waals surface area (Å²) < 4.78 is 31.8. The molecule has 2 bridgehead atoms. The summed E-state index contributed by atoms with van der Waals surface area (Å²) in [6.07, 6.45) is -1.19. The van der Waals surface area contributed by atoms with E-state index in [4.69, 9.17) is 52.2 Å². The van der Waals surface area contributed by atoms with Gasteiger partial charge in [0.1, 0.15) is 29.7 Å². The highest BCUT2D eigenvalue weighted by molar-refractivity contribution is 8.07. The minimum atomic E-state index is -3.89. The van der Waals surface area contributed by atoms with Gasteiger partial charge in [0.05, 0.1) is 31.3 Å². The number of nitrogen functional groups attached to an aromatic ring is 1. The minimum Gasteiger partial charge on any atom is -0.383 e. The Morgan fingerprint density at radius 2 is 2.00 bits per heavy atom. The Labute approximate surface area is 235 Å². The molecular formula is C19H23N9O8P2S2. The summed E-state index contributed by atoms with van der Waals surface area (Å²) >= 11 is 10.5. The molecule has 0 radical (unpaired) electrons. The maximum absolute atomic E-state index is 12.3. The third-order valence-corrected chi connectivity index (χ3v) is 9.47. The topological polar surface area (TPSA) is 220 Å². The van der Waals surface area contributed by atoms with Gasteiger partial charge < -0.3 is 47.9 Å². The molecule has 0 spiro atoms. The Hall–Kier alpha value is -2.28. The van der Waals surface area contributed by atoms with Crippen LogP contribution in [0.25, 0.3) is 22.2 Å². The van der Waals surface area contributed by atoms with E-state index in [2.05, 4.69) is 30.2 Å². The molecule has 0 aromatic carbocycles. The van der Waals surface area contributed by atoms with E-state index in [1.54, 1.807) is 17.6 Å². The van der Waals surface area contributed by atoms with Gasteiger partial charge in [-0.1, -0.05) is 5.21 Å². The fourth-order valence-corrected chi connectivity index (χ4v) is 7.09. The number of aromatic nitrogens is 8. The summed E-state index contributed by atoms with van der Waals surface area (Å²) in [6, 6.07) is 1.70. The largest absolute Gasteiger partial charge is 0.383 e. The molecule has 21 heteroatoms. The zero-order valence-corrected chi connectivity index (χ0v) is 24.1. The number of hydrogen-bond acceptors (Lipinski definition) is 14. The molecule has 2 aliphatic rings. The van der Waals surface area contributed by atoms with Crippen molar-refractivity contribution < 1.29 is 32.6 Å². The maximum atomic E-state index is 12.3. The van der Waals surface area contributed by atoms with Crippen LogP contribution in [0.15, 0.2) is 17.2 Å². The highest BCUT2D eigenvalue weighted by Crippen LogP contribution is 2.51. The molecule has 1 saturated heterocycles. The Balaban J connectivity index is 1.36. The van der Waals surface area contributed by atoms with Crippen LogP contribution in [0.2, 0.25) is 0 Å². The van der Waals surface area contributed by atoms with Gasteiger partial charge in [0.25, 0.3) is 5.56 Å². The SMILES string of the molecule is Cc1nc2c(nnn2[C@@H]2O[C@@H]3COP(O)(=S)OCCn4c(cc5c(N)ncnc54)COP(O)(=S)O[C@@H]2C3)c(=O)[nH]1. The Morgan fingerprint density at radius 1 is 1.18 bits per heavy atom. The minimum absolute atomic E-state index is 0.0102. The van der Waals surface area contributed by atoms with Gasteiger partial charge in [-0.25, -0.2) is 15.0 Å². The molecule has 5 N–H and O–H groups in total. The van der Waals surface area contributed by atoms with Gasteiger partial charge in [-0.15, -0.1) is 5.10 Å². The lowest BCUT2D eigenvalue weighted by atomic mass is 10.2. The number of aromatic amines is 1. The molecule has 214 valence electrons. The monoisotopic (exact) mass is 631 g/mol. The molecule has 0 aliphatic carbocycles. The van der Waals surface area contributed by atoms with Crippen molar-refractivity contribution in [3.05, 3.63) is 34.3 Å². The second-order valence-corrected chi connectivity index (χ2v) is 14.6. The molecule has 6 heterocycles. The summed E-state index contributed by atoms with van der Waals surface area (Å²) in [5.41, 5.74) is 6.70. The van der Waals surface area contributed by atoms with Crippen molar-refractivity contribution in [3.8, 4) is 0 Å². The summed E-state index contributed by atoms with van der Waals surface area (Å²) in [7, 11) is 0. The summed E-state index contributed by atoms with van der Waals surface area (Å²) in [4.78, 5) is 49.2. The summed E-state index contributed by atoms with van der Waals surface area (Å²) in [5.74, 6) is 0.579. The number of rotatable bonds is 1. The van der Waals surface area contributed by atoms with E-state index in [1.165, 1.54) is 11.0 Å². The number of hydrogen-bond donors (Lipinski definition) is 4. The molecule has 0 amide bonds. The van der Waals surface area contributed by atoms with Gasteiger partial charge in [-0.05, 0) is 36.6 Å². The van der Waals surface area contributed by atoms with E-state index in [-0.39, 0.29) is 49.8 Å². The van der Waals surface area contributed by atoms with Crippen LogP contribution in [-0.2, 0) is 59.6 Å². The van der Waals surface area contributed by atoms with Crippen molar-refractivity contribution >= 4 is 65.1 Å². The number of H-pyrrole nitrogens is 1. The van der Waals surface area contributed by atoms with Crippen molar-refractivity contribution in [1.82, 2.24) is 39.5 Å². The maximum Gasteiger partial charge on any atom is 0.325 e. The number of nitrogens with two attached hydrogens (primary N) is 1. The first-order valence-corrected chi connectivity index (χ1v) is 17.0. The van der Waals surface area contributed by atoms with Crippen LogP contribution in [0.4, 0.5) is 5.82 Å². The first-order valence-electron chi connectivity index (χ1n) is 11.8. The predicted octanol–water partition coefficient (Wildman–Crippen LogP) is 0.520. The Bertz CT molecular complexity index is 1760. The predicted molar refractivity (Wildman–Crippen MR) is 146 cm³/mol. The third-order valence-electron chi connectivity index (χ3n) is 6.28. The zero-order valence-electron chi connectivity index (χ0n) is 20.7. The lowest BCUT2D eigenvalue weighted by Crippen LogP contribution is -2.24. The van der Waals surface area contributed by atoms with Crippen LogP contribution in [-0.4, -0.2) is 74.7 Å². The first-order chi connectivity index (χ1) is 19.0. The van der Waals surface area contributed by atoms with Crippen molar-refractivity contribution in [2.75, 3.05) is 18.9 Å². The van der Waals surface area contributed by atoms with Crippen LogP contribution in [0.5, 0.6) is 0 Å². The van der Waals surface area contributed by atoms with E-state index in [1.807, 2.05) is 0 Å². The highest BCUT2D eigenvalue weighted by Gasteiger charge is 2.43. The quantitative estimate of drug-likeness (QED) is 0.210. The molecule has 6 rings (SSSR count). The van der Waals surface area contributed by atoms with Crippen molar-refractivity contribution in [1.29, 1.82) is 0 Å². The fraction of sp³-hybridized carbons (Fsp3) is 0.474. The second kappa shape index (κ2) is 10.5. The van der Waals surface area contributed by atoms with E-state index < -0.39 is 37.4 Å². The third kappa shape index (κ3) is 5.47. The smallest absolute Gasteiger partial charge is 0.325 e. The number of nitrogens with one attached hydrogen (secondary N) is 1. The van der Waals surface area contributed by atoms with Crippen molar-refractivity contribution in [2.45, 2.75) is 44.9 Å². The Kier molecular flexibility index (Phi) is 7.33. The number of aryl methyl sites for hydroxylation is 1. The van der Waals surface area contributed by atoms with Crippen LogP contribution in [0.3, 0.4) is 0 Å². The molecule has 4 aromatic rings. The van der Waals surface area contributed by atoms with E-state index >= 15 is 0 Å². The lowest BCUT2D eigenvalue weighted by Gasteiger charge is -2.24. The zero-order chi connectivity index (χ0) is 28.2. The van der Waals surface area contributed by atoms with E-state index in [0.29, 0.717) is 22.6 Å². The Morgan fingerprint density at radius 3 is 2.83 bits per heavy atom. The van der Waals surface area contributed by atoms with Crippen molar-refractivity contribution in [3.63, 3.8) is 0 Å². The van der Waals surface area contributed by atoms with E-state index in [9.17, 15) is 14.6 Å². The molecule has 17 nitrogen and oxygen atoms in total. The number of anilines is 1. The molecular weight excluding hydrogens is 608 g/mol. The van der Waals surface area contributed by atoms with Gasteiger partial charge in [0, 0.05) is 18.7 Å². The van der Waals surface area contributed by atoms with Gasteiger partial charge in [-0.2, -0.15) is 4.68 Å². The summed E-state index contributed by atoms with van der Waals surface area (Å²) in [6.45, 7) is -6.12. The second-order valence-electron chi connectivity index (χ2n) is 9.01. The van der Waals surface area contributed by atoms with Crippen LogP contribution < -0.4 is 11.3 Å². The highest BCUT2D eigenvalue weighted by atomic mass is 32.5. The molecule has 2 unspecified atom stereocenters. The average Bonchev–Trinajstić information content (AvgIpc) is 3.57. The molecule has 2 aliphatic heterocycles. The molecule has 40 heavy (non-hydrogen) atoms. The van der Waals surface area contributed by atoms with Gasteiger partial charge in [0.2, 0.25) is 0 Å².